The number of pyridine rings is 1. The molecule has 1 saturated carbocycles. The Bertz CT molecular complexity index is 588. The van der Waals surface area contributed by atoms with Gasteiger partial charge >= 0.3 is 0 Å². The Hall–Kier alpha value is -1.22. The third-order valence-corrected chi connectivity index (χ3v) is 5.37. The Balaban J connectivity index is 2.21. The van der Waals surface area contributed by atoms with E-state index in [1.807, 2.05) is 13.8 Å². The van der Waals surface area contributed by atoms with Crippen LogP contribution in [0.2, 0.25) is 0 Å². The van der Waals surface area contributed by atoms with Gasteiger partial charge < -0.3 is 10.2 Å². The van der Waals surface area contributed by atoms with Crippen molar-refractivity contribution in [1.82, 2.24) is 9.71 Å². The topological polar surface area (TPSA) is 106 Å². The number of nitrogens with zero attached hydrogens (tertiary/aromatic N) is 1. The number of nitrogens with two attached hydrogens (primary N) is 1. The Morgan fingerprint density at radius 2 is 2.20 bits per heavy atom. The third kappa shape index (κ3) is 2.51. The normalized spacial score (nSPS) is 25.0. The SMILES string of the molecule is COC1CC(NS(=O)(=O)c2ncccc2NN)C1(C)C. The Morgan fingerprint density at radius 1 is 1.50 bits per heavy atom. The summed E-state index contributed by atoms with van der Waals surface area (Å²) in [5, 5.41) is -0.0980. The van der Waals surface area contributed by atoms with E-state index in [1.54, 1.807) is 19.2 Å². The number of anilines is 1. The van der Waals surface area contributed by atoms with Crippen LogP contribution in [0.1, 0.15) is 20.3 Å². The van der Waals surface area contributed by atoms with Crippen molar-refractivity contribution in [3.05, 3.63) is 18.3 Å². The molecule has 1 aromatic heterocycles. The highest BCUT2D eigenvalue weighted by molar-refractivity contribution is 7.89. The molecule has 2 rings (SSSR count). The molecule has 0 aromatic carbocycles. The van der Waals surface area contributed by atoms with E-state index in [2.05, 4.69) is 15.1 Å². The monoisotopic (exact) mass is 300 g/mol. The summed E-state index contributed by atoms with van der Waals surface area (Å²) in [6.07, 6.45) is 2.10. The second kappa shape index (κ2) is 5.28. The zero-order valence-corrected chi connectivity index (χ0v) is 12.6. The quantitative estimate of drug-likeness (QED) is 0.539. The number of nitrogen functional groups attached to an aromatic ring is 1. The maximum atomic E-state index is 12.4. The molecule has 20 heavy (non-hydrogen) atoms. The molecule has 0 amide bonds. The lowest BCUT2D eigenvalue weighted by Gasteiger charge is -2.50. The van der Waals surface area contributed by atoms with Gasteiger partial charge in [0.2, 0.25) is 0 Å². The van der Waals surface area contributed by atoms with Crippen molar-refractivity contribution in [3.63, 3.8) is 0 Å². The van der Waals surface area contributed by atoms with E-state index in [1.165, 1.54) is 6.20 Å². The molecule has 7 nitrogen and oxygen atoms in total. The maximum Gasteiger partial charge on any atom is 0.260 e. The molecule has 1 aliphatic rings. The van der Waals surface area contributed by atoms with E-state index in [0.717, 1.165) is 0 Å². The molecular formula is C12H20N4O3S. The number of sulfonamides is 1. The average molecular weight is 300 g/mol. The summed E-state index contributed by atoms with van der Waals surface area (Å²) in [7, 11) is -2.09. The van der Waals surface area contributed by atoms with E-state index in [9.17, 15) is 8.42 Å². The standard InChI is InChI=1S/C12H20N4O3S/c1-12(2)9(7-10(12)19-3)16-20(17,18)11-8(15-13)5-4-6-14-11/h4-6,9-10,15-16H,7,13H2,1-3H3. The molecule has 0 saturated heterocycles. The predicted octanol–water partition coefficient (Wildman–Crippen LogP) is 0.459. The van der Waals surface area contributed by atoms with Crippen LogP contribution in [-0.2, 0) is 14.8 Å². The van der Waals surface area contributed by atoms with Gasteiger partial charge in [-0.25, -0.2) is 18.1 Å². The number of methoxy groups -OCH3 is 1. The summed E-state index contributed by atoms with van der Waals surface area (Å²) >= 11 is 0. The van der Waals surface area contributed by atoms with Crippen molar-refractivity contribution in [2.45, 2.75) is 37.4 Å². The molecule has 1 aliphatic carbocycles. The van der Waals surface area contributed by atoms with Gasteiger partial charge in [0.15, 0.2) is 5.03 Å². The molecule has 8 heteroatoms. The van der Waals surface area contributed by atoms with Crippen molar-refractivity contribution in [2.24, 2.45) is 11.3 Å². The maximum absolute atomic E-state index is 12.4. The van der Waals surface area contributed by atoms with Crippen molar-refractivity contribution in [2.75, 3.05) is 12.5 Å². The van der Waals surface area contributed by atoms with Crippen molar-refractivity contribution >= 4 is 15.7 Å². The summed E-state index contributed by atoms with van der Waals surface area (Å²) in [5.41, 5.74) is 2.35. The van der Waals surface area contributed by atoms with Crippen molar-refractivity contribution in [1.29, 1.82) is 0 Å². The van der Waals surface area contributed by atoms with Crippen LogP contribution in [0.4, 0.5) is 5.69 Å². The van der Waals surface area contributed by atoms with Gasteiger partial charge in [-0.1, -0.05) is 13.8 Å². The van der Waals surface area contributed by atoms with Gasteiger partial charge in [0.1, 0.15) is 0 Å². The second-order valence-electron chi connectivity index (χ2n) is 5.46. The molecule has 0 spiro atoms. The number of rotatable bonds is 5. The van der Waals surface area contributed by atoms with E-state index in [-0.39, 0.29) is 28.3 Å². The highest BCUT2D eigenvalue weighted by Gasteiger charge is 2.50. The first-order chi connectivity index (χ1) is 9.32. The van der Waals surface area contributed by atoms with Crippen molar-refractivity contribution in [3.8, 4) is 0 Å². The zero-order chi connectivity index (χ0) is 15.0. The van der Waals surface area contributed by atoms with Crippen LogP contribution >= 0.6 is 0 Å². The third-order valence-electron chi connectivity index (χ3n) is 3.94. The lowest BCUT2D eigenvalue weighted by atomic mass is 9.65. The fraction of sp³-hybridized carbons (Fsp3) is 0.583. The number of hydrazine groups is 1. The molecule has 0 radical (unpaired) electrons. The summed E-state index contributed by atoms with van der Waals surface area (Å²) in [4.78, 5) is 3.90. The van der Waals surface area contributed by atoms with Crippen LogP contribution in [0.5, 0.6) is 0 Å². The summed E-state index contributed by atoms with van der Waals surface area (Å²) in [5.74, 6) is 5.32. The Morgan fingerprint density at radius 3 is 2.75 bits per heavy atom. The molecule has 2 atom stereocenters. The minimum Gasteiger partial charge on any atom is -0.381 e. The summed E-state index contributed by atoms with van der Waals surface area (Å²) in [6.45, 7) is 3.94. The Kier molecular flexibility index (Phi) is 4.01. The van der Waals surface area contributed by atoms with E-state index < -0.39 is 10.0 Å². The van der Waals surface area contributed by atoms with Gasteiger partial charge in [-0.05, 0) is 18.6 Å². The minimum absolute atomic E-state index is 0.0473. The van der Waals surface area contributed by atoms with Crippen LogP contribution in [0.15, 0.2) is 23.4 Å². The van der Waals surface area contributed by atoms with Gasteiger partial charge in [0.05, 0.1) is 11.8 Å². The van der Waals surface area contributed by atoms with E-state index in [4.69, 9.17) is 10.6 Å². The summed E-state index contributed by atoms with van der Waals surface area (Å²) in [6, 6.07) is 2.98. The molecule has 1 aromatic rings. The van der Waals surface area contributed by atoms with Gasteiger partial charge in [0.25, 0.3) is 10.0 Å². The Labute approximate surface area is 118 Å². The largest absolute Gasteiger partial charge is 0.381 e. The fourth-order valence-corrected chi connectivity index (χ4v) is 3.95. The van der Waals surface area contributed by atoms with Crippen LogP contribution < -0.4 is 16.0 Å². The number of nitrogens with one attached hydrogen (secondary N) is 2. The molecule has 0 bridgehead atoms. The van der Waals surface area contributed by atoms with Gasteiger partial charge in [-0.2, -0.15) is 0 Å². The molecule has 1 fully saturated rings. The highest BCUT2D eigenvalue weighted by Crippen LogP contribution is 2.43. The summed E-state index contributed by atoms with van der Waals surface area (Å²) < 4.78 is 32.8. The number of hydrogen-bond donors (Lipinski definition) is 3. The smallest absolute Gasteiger partial charge is 0.260 e. The first kappa shape index (κ1) is 15.2. The van der Waals surface area contributed by atoms with Crippen LogP contribution in [-0.4, -0.2) is 32.7 Å². The fourth-order valence-electron chi connectivity index (χ4n) is 2.44. The minimum atomic E-state index is -3.72. The van der Waals surface area contributed by atoms with Crippen LogP contribution in [0.25, 0.3) is 0 Å². The molecule has 1 heterocycles. The first-order valence-corrected chi connectivity index (χ1v) is 7.78. The van der Waals surface area contributed by atoms with Crippen molar-refractivity contribution < 1.29 is 13.2 Å². The van der Waals surface area contributed by atoms with E-state index in [0.29, 0.717) is 6.42 Å². The molecular weight excluding hydrogens is 280 g/mol. The molecule has 4 N–H and O–H groups in total. The first-order valence-electron chi connectivity index (χ1n) is 6.29. The van der Waals surface area contributed by atoms with Gasteiger partial charge in [0, 0.05) is 24.8 Å². The van der Waals surface area contributed by atoms with Gasteiger partial charge in [-0.15, -0.1) is 0 Å². The molecule has 112 valence electrons. The predicted molar refractivity (Wildman–Crippen MR) is 75.4 cm³/mol. The lowest BCUT2D eigenvalue weighted by Crippen LogP contribution is -2.61. The average Bonchev–Trinajstić information content (AvgIpc) is 2.43. The lowest BCUT2D eigenvalue weighted by molar-refractivity contribution is -0.0908. The number of aromatic nitrogens is 1. The van der Waals surface area contributed by atoms with Gasteiger partial charge in [-0.3, -0.25) is 5.84 Å². The number of hydrogen-bond acceptors (Lipinski definition) is 6. The second-order valence-corrected chi connectivity index (χ2v) is 7.09. The van der Waals surface area contributed by atoms with Crippen LogP contribution in [0.3, 0.4) is 0 Å². The van der Waals surface area contributed by atoms with E-state index >= 15 is 0 Å². The van der Waals surface area contributed by atoms with Crippen LogP contribution in [0, 0.1) is 5.41 Å². The zero-order valence-electron chi connectivity index (χ0n) is 11.8. The number of ether oxygens (including phenoxy) is 1. The highest BCUT2D eigenvalue weighted by atomic mass is 32.2. The molecule has 2 unspecified atom stereocenters. The molecule has 0 aliphatic heterocycles.